The molecule has 2 rings (SSSR count). The van der Waals surface area contributed by atoms with Crippen LogP contribution in [0.3, 0.4) is 0 Å². The molecule has 23 heavy (non-hydrogen) atoms. The van der Waals surface area contributed by atoms with E-state index in [1.807, 2.05) is 0 Å². The van der Waals surface area contributed by atoms with Gasteiger partial charge in [-0.3, -0.25) is 9.59 Å². The second kappa shape index (κ2) is 5.46. The zero-order valence-corrected chi connectivity index (χ0v) is 14.7. The van der Waals surface area contributed by atoms with Crippen molar-refractivity contribution in [3.63, 3.8) is 0 Å². The maximum absolute atomic E-state index is 12.7. The minimum Gasteiger partial charge on any atom is -0.478 e. The van der Waals surface area contributed by atoms with Crippen LogP contribution >= 0.6 is 23.2 Å². The SMILES string of the molecule is CC1(C)C(=O)C=C(c2c(Cl)ccc(C(=O)O)c2Cl)C(C)(C)C1=O. The van der Waals surface area contributed by atoms with Gasteiger partial charge in [-0.1, -0.05) is 23.2 Å². The molecule has 1 aromatic carbocycles. The first kappa shape index (κ1) is 17.7. The topological polar surface area (TPSA) is 71.4 Å². The summed E-state index contributed by atoms with van der Waals surface area (Å²) in [6, 6.07) is 2.69. The molecule has 0 spiro atoms. The van der Waals surface area contributed by atoms with Gasteiger partial charge in [0.25, 0.3) is 0 Å². The van der Waals surface area contributed by atoms with Gasteiger partial charge < -0.3 is 5.11 Å². The average molecular weight is 355 g/mol. The lowest BCUT2D eigenvalue weighted by molar-refractivity contribution is -0.141. The third-order valence-electron chi connectivity index (χ3n) is 4.29. The van der Waals surface area contributed by atoms with Crippen molar-refractivity contribution in [2.24, 2.45) is 10.8 Å². The summed E-state index contributed by atoms with van der Waals surface area (Å²) in [5, 5.41) is 9.33. The molecule has 122 valence electrons. The van der Waals surface area contributed by atoms with Crippen LogP contribution in [0.25, 0.3) is 5.57 Å². The Labute approximate surface area is 144 Å². The zero-order chi connectivity index (χ0) is 17.7. The van der Waals surface area contributed by atoms with E-state index in [1.165, 1.54) is 18.2 Å². The molecule has 1 aromatic rings. The van der Waals surface area contributed by atoms with Gasteiger partial charge in [-0.05, 0) is 51.5 Å². The molecule has 0 saturated heterocycles. The van der Waals surface area contributed by atoms with E-state index in [1.54, 1.807) is 27.7 Å². The first-order valence-electron chi connectivity index (χ1n) is 6.95. The lowest BCUT2D eigenvalue weighted by Gasteiger charge is -2.38. The summed E-state index contributed by atoms with van der Waals surface area (Å²) < 4.78 is 0. The van der Waals surface area contributed by atoms with Gasteiger partial charge in [0.2, 0.25) is 0 Å². The van der Waals surface area contributed by atoms with Crippen LogP contribution in [0.4, 0.5) is 0 Å². The summed E-state index contributed by atoms with van der Waals surface area (Å²) in [6.07, 6.45) is 1.35. The minimum atomic E-state index is -1.21. The Morgan fingerprint density at radius 1 is 1.04 bits per heavy atom. The Bertz CT molecular complexity index is 773. The number of halogens is 2. The van der Waals surface area contributed by atoms with Crippen molar-refractivity contribution < 1.29 is 19.5 Å². The Hall–Kier alpha value is -1.65. The highest BCUT2D eigenvalue weighted by atomic mass is 35.5. The molecule has 4 nitrogen and oxygen atoms in total. The highest BCUT2D eigenvalue weighted by Crippen LogP contribution is 2.49. The molecule has 0 aromatic heterocycles. The molecule has 0 heterocycles. The van der Waals surface area contributed by atoms with Crippen molar-refractivity contribution in [3.05, 3.63) is 39.4 Å². The maximum atomic E-state index is 12.7. The molecule has 0 amide bonds. The van der Waals surface area contributed by atoms with Crippen molar-refractivity contribution in [3.8, 4) is 0 Å². The lowest BCUT2D eigenvalue weighted by atomic mass is 9.62. The number of carbonyl (C=O) groups is 3. The number of hydrogen-bond acceptors (Lipinski definition) is 3. The van der Waals surface area contributed by atoms with Crippen molar-refractivity contribution in [2.75, 3.05) is 0 Å². The number of carboxylic acid groups (broad SMARTS) is 1. The Balaban J connectivity index is 2.81. The van der Waals surface area contributed by atoms with Crippen LogP contribution in [0.5, 0.6) is 0 Å². The fraction of sp³-hybridized carbons (Fsp3) is 0.353. The summed E-state index contributed by atoms with van der Waals surface area (Å²) in [5.74, 6) is -1.83. The average Bonchev–Trinajstić information content (AvgIpc) is 2.43. The van der Waals surface area contributed by atoms with Crippen molar-refractivity contribution in [1.29, 1.82) is 0 Å². The van der Waals surface area contributed by atoms with E-state index in [-0.39, 0.29) is 32.7 Å². The van der Waals surface area contributed by atoms with Gasteiger partial charge >= 0.3 is 5.97 Å². The van der Waals surface area contributed by atoms with Crippen LogP contribution < -0.4 is 0 Å². The Morgan fingerprint density at radius 3 is 2.13 bits per heavy atom. The van der Waals surface area contributed by atoms with E-state index >= 15 is 0 Å². The number of benzene rings is 1. The summed E-state index contributed by atoms with van der Waals surface area (Å²) in [4.78, 5) is 36.4. The molecule has 1 aliphatic carbocycles. The Kier molecular flexibility index (Phi) is 4.20. The Morgan fingerprint density at radius 2 is 1.61 bits per heavy atom. The highest BCUT2D eigenvalue weighted by molar-refractivity contribution is 6.40. The fourth-order valence-corrected chi connectivity index (χ4v) is 3.51. The lowest BCUT2D eigenvalue weighted by Crippen LogP contribution is -2.46. The second-order valence-electron chi connectivity index (χ2n) is 6.59. The van der Waals surface area contributed by atoms with Crippen molar-refractivity contribution in [2.45, 2.75) is 27.7 Å². The number of ketones is 2. The van der Waals surface area contributed by atoms with Crippen LogP contribution in [0.2, 0.25) is 10.0 Å². The zero-order valence-electron chi connectivity index (χ0n) is 13.2. The minimum absolute atomic E-state index is 0.0790. The van der Waals surface area contributed by atoms with Crippen LogP contribution in [-0.4, -0.2) is 22.6 Å². The largest absolute Gasteiger partial charge is 0.478 e. The molecule has 0 fully saturated rings. The van der Waals surface area contributed by atoms with Gasteiger partial charge in [-0.15, -0.1) is 0 Å². The third kappa shape index (κ3) is 2.60. The smallest absolute Gasteiger partial charge is 0.337 e. The van der Waals surface area contributed by atoms with Gasteiger partial charge in [0.15, 0.2) is 11.6 Å². The van der Waals surface area contributed by atoms with Crippen molar-refractivity contribution >= 4 is 46.3 Å². The monoisotopic (exact) mass is 354 g/mol. The molecule has 0 atom stereocenters. The first-order chi connectivity index (χ1) is 10.4. The van der Waals surface area contributed by atoms with Gasteiger partial charge in [-0.25, -0.2) is 4.79 Å². The van der Waals surface area contributed by atoms with Crippen LogP contribution in [-0.2, 0) is 9.59 Å². The summed E-state index contributed by atoms with van der Waals surface area (Å²) in [6.45, 7) is 6.50. The number of Topliss-reactive ketones (excluding diaryl/α,β-unsaturated/α-hetero) is 1. The quantitative estimate of drug-likeness (QED) is 0.804. The summed E-state index contributed by atoms with van der Waals surface area (Å²) in [5.41, 5.74) is -1.74. The highest BCUT2D eigenvalue weighted by Gasteiger charge is 2.50. The number of allylic oxidation sites excluding steroid dienone is 2. The van der Waals surface area contributed by atoms with E-state index in [0.29, 0.717) is 5.57 Å². The molecule has 0 saturated carbocycles. The van der Waals surface area contributed by atoms with E-state index < -0.39 is 16.8 Å². The molecule has 0 bridgehead atoms. The van der Waals surface area contributed by atoms with Gasteiger partial charge in [0, 0.05) is 10.6 Å². The second-order valence-corrected chi connectivity index (χ2v) is 7.38. The number of carboxylic acids is 1. The normalized spacial score (nSPS) is 19.5. The van der Waals surface area contributed by atoms with E-state index in [4.69, 9.17) is 23.2 Å². The van der Waals surface area contributed by atoms with Gasteiger partial charge in [0.05, 0.1) is 21.4 Å². The molecular weight excluding hydrogens is 339 g/mol. The van der Waals surface area contributed by atoms with Gasteiger partial charge in [-0.2, -0.15) is 0 Å². The number of carbonyl (C=O) groups excluding carboxylic acids is 2. The predicted octanol–water partition coefficient (Wildman–Crippen LogP) is 4.28. The van der Waals surface area contributed by atoms with E-state index in [0.717, 1.165) is 0 Å². The molecule has 0 aliphatic heterocycles. The third-order valence-corrected chi connectivity index (χ3v) is 5.00. The number of aromatic carboxylic acids is 1. The van der Waals surface area contributed by atoms with Crippen LogP contribution in [0.1, 0.15) is 43.6 Å². The summed E-state index contributed by atoms with van der Waals surface area (Å²) >= 11 is 12.4. The molecular formula is C17H16Cl2O4. The van der Waals surface area contributed by atoms with Crippen LogP contribution in [0, 0.1) is 10.8 Å². The number of hydrogen-bond donors (Lipinski definition) is 1. The van der Waals surface area contributed by atoms with Gasteiger partial charge in [0.1, 0.15) is 0 Å². The fourth-order valence-electron chi connectivity index (χ4n) is 2.86. The molecule has 1 aliphatic rings. The molecule has 0 radical (unpaired) electrons. The first-order valence-corrected chi connectivity index (χ1v) is 7.71. The summed E-state index contributed by atoms with van der Waals surface area (Å²) in [7, 11) is 0. The standard InChI is InChI=1S/C17H16Cl2O4/c1-16(2)9(7-11(20)17(3,4)15(16)23)12-10(18)6-5-8(13(12)19)14(21)22/h5-7H,1-4H3,(H,21,22). The van der Waals surface area contributed by atoms with E-state index in [2.05, 4.69) is 0 Å². The molecule has 1 N–H and O–H groups in total. The molecule has 0 unspecified atom stereocenters. The van der Waals surface area contributed by atoms with Crippen LogP contribution in [0.15, 0.2) is 18.2 Å². The molecule has 6 heteroatoms. The maximum Gasteiger partial charge on any atom is 0.337 e. The van der Waals surface area contributed by atoms with Crippen molar-refractivity contribution in [1.82, 2.24) is 0 Å². The predicted molar refractivity (Wildman–Crippen MR) is 89.0 cm³/mol. The number of rotatable bonds is 2. The van der Waals surface area contributed by atoms with E-state index in [9.17, 15) is 19.5 Å².